The van der Waals surface area contributed by atoms with E-state index < -0.39 is 0 Å². The number of anilines is 1. The van der Waals surface area contributed by atoms with Crippen LogP contribution in [0.3, 0.4) is 0 Å². The first-order chi connectivity index (χ1) is 16.0. The van der Waals surface area contributed by atoms with Gasteiger partial charge in [0.15, 0.2) is 5.16 Å². The lowest BCUT2D eigenvalue weighted by atomic mass is 10.1. The van der Waals surface area contributed by atoms with Crippen molar-refractivity contribution in [3.8, 4) is 11.4 Å². The third-order valence-corrected chi connectivity index (χ3v) is 6.29. The number of hydrogen-bond acceptors (Lipinski definition) is 5. The summed E-state index contributed by atoms with van der Waals surface area (Å²) in [5.74, 6) is 1.73. The van der Waals surface area contributed by atoms with E-state index in [1.165, 1.54) is 17.3 Å². The maximum atomic E-state index is 12.6. The van der Waals surface area contributed by atoms with Gasteiger partial charge >= 0.3 is 0 Å². The molecule has 6 nitrogen and oxygen atoms in total. The molecule has 0 aliphatic heterocycles. The summed E-state index contributed by atoms with van der Waals surface area (Å²) in [5.41, 5.74) is 5.20. The van der Waals surface area contributed by atoms with Crippen LogP contribution in [0.5, 0.6) is 5.75 Å². The molecule has 0 saturated heterocycles. The fourth-order valence-corrected chi connectivity index (χ4v) is 4.19. The lowest BCUT2D eigenvalue weighted by Gasteiger charge is -2.11. The van der Waals surface area contributed by atoms with Gasteiger partial charge in [-0.2, -0.15) is 0 Å². The second-order valence-electron chi connectivity index (χ2n) is 7.73. The molecule has 1 N–H and O–H groups in total. The van der Waals surface area contributed by atoms with E-state index in [0.29, 0.717) is 11.6 Å². The Balaban J connectivity index is 1.55. The largest absolute Gasteiger partial charge is 0.497 e. The zero-order chi connectivity index (χ0) is 23.2. The zero-order valence-electron chi connectivity index (χ0n) is 18.9. The molecule has 0 spiro atoms. The molecule has 0 bridgehead atoms. The zero-order valence-corrected chi connectivity index (χ0v) is 19.7. The minimum atomic E-state index is -0.0860. The van der Waals surface area contributed by atoms with Gasteiger partial charge in [-0.25, -0.2) is 0 Å². The van der Waals surface area contributed by atoms with Gasteiger partial charge < -0.3 is 10.1 Å². The predicted octanol–water partition coefficient (Wildman–Crippen LogP) is 5.21. The Morgan fingerprint density at radius 3 is 2.42 bits per heavy atom. The molecular formula is C26H26N4O2S. The van der Waals surface area contributed by atoms with E-state index in [1.54, 1.807) is 7.11 Å². The number of benzene rings is 3. The number of ether oxygens (including phenoxy) is 1. The first-order valence-corrected chi connectivity index (χ1v) is 11.6. The average Bonchev–Trinajstić information content (AvgIpc) is 3.23. The topological polar surface area (TPSA) is 69.0 Å². The summed E-state index contributed by atoms with van der Waals surface area (Å²) in [6, 6.07) is 23.8. The Morgan fingerprint density at radius 1 is 0.970 bits per heavy atom. The van der Waals surface area contributed by atoms with Gasteiger partial charge in [0, 0.05) is 17.8 Å². The first kappa shape index (κ1) is 22.6. The predicted molar refractivity (Wildman–Crippen MR) is 132 cm³/mol. The fraction of sp³-hybridized carbons (Fsp3) is 0.192. The van der Waals surface area contributed by atoms with Crippen LogP contribution < -0.4 is 10.1 Å². The molecule has 1 amide bonds. The highest BCUT2D eigenvalue weighted by Gasteiger charge is 2.17. The molecule has 0 radical (unpaired) electrons. The standard InChI is InChI=1S/C26H26N4O2S/c1-18-9-10-21(15-19(18)2)27-25(31)17-33-26-29-28-24(16-20-7-5-4-6-8-20)30(26)22-11-13-23(32-3)14-12-22/h4-15H,16-17H2,1-3H3,(H,27,31). The number of carbonyl (C=O) groups is 1. The molecular weight excluding hydrogens is 432 g/mol. The molecule has 3 aromatic carbocycles. The van der Waals surface area contributed by atoms with Gasteiger partial charge in [0.2, 0.25) is 5.91 Å². The van der Waals surface area contributed by atoms with Gasteiger partial charge in [-0.3, -0.25) is 9.36 Å². The Hall–Kier alpha value is -3.58. The lowest BCUT2D eigenvalue weighted by molar-refractivity contribution is -0.113. The minimum Gasteiger partial charge on any atom is -0.497 e. The Kier molecular flexibility index (Phi) is 7.10. The van der Waals surface area contributed by atoms with Crippen LogP contribution >= 0.6 is 11.8 Å². The molecule has 1 aromatic heterocycles. The summed E-state index contributed by atoms with van der Waals surface area (Å²) in [4.78, 5) is 12.6. The number of methoxy groups -OCH3 is 1. The number of aryl methyl sites for hydroxylation is 2. The summed E-state index contributed by atoms with van der Waals surface area (Å²) in [5, 5.41) is 12.5. The lowest BCUT2D eigenvalue weighted by Crippen LogP contribution is -2.15. The van der Waals surface area contributed by atoms with Crippen molar-refractivity contribution in [2.24, 2.45) is 0 Å². The molecule has 0 aliphatic carbocycles. The monoisotopic (exact) mass is 458 g/mol. The quantitative estimate of drug-likeness (QED) is 0.367. The molecule has 0 saturated carbocycles. The number of rotatable bonds is 8. The Morgan fingerprint density at radius 2 is 1.73 bits per heavy atom. The maximum absolute atomic E-state index is 12.6. The number of carbonyl (C=O) groups excluding carboxylic acids is 1. The summed E-state index contributed by atoms with van der Waals surface area (Å²) in [7, 11) is 1.64. The minimum absolute atomic E-state index is 0.0860. The van der Waals surface area contributed by atoms with Crippen LogP contribution in [0.4, 0.5) is 5.69 Å². The van der Waals surface area contributed by atoms with Gasteiger partial charge in [0.1, 0.15) is 11.6 Å². The van der Waals surface area contributed by atoms with Crippen LogP contribution in [-0.4, -0.2) is 33.5 Å². The van der Waals surface area contributed by atoms with Crippen LogP contribution in [0, 0.1) is 13.8 Å². The molecule has 4 rings (SSSR count). The van der Waals surface area contributed by atoms with Crippen LogP contribution in [0.1, 0.15) is 22.5 Å². The van der Waals surface area contributed by atoms with Crippen molar-refractivity contribution in [1.82, 2.24) is 14.8 Å². The second kappa shape index (κ2) is 10.4. The maximum Gasteiger partial charge on any atom is 0.234 e. The van der Waals surface area contributed by atoms with Crippen molar-refractivity contribution < 1.29 is 9.53 Å². The number of nitrogens with one attached hydrogen (secondary N) is 1. The average molecular weight is 459 g/mol. The van der Waals surface area contributed by atoms with Crippen molar-refractivity contribution in [3.63, 3.8) is 0 Å². The normalized spacial score (nSPS) is 10.8. The molecule has 0 aliphatic rings. The highest BCUT2D eigenvalue weighted by Crippen LogP contribution is 2.25. The van der Waals surface area contributed by atoms with Gasteiger partial charge in [-0.1, -0.05) is 48.2 Å². The molecule has 1 heterocycles. The van der Waals surface area contributed by atoms with Crippen LogP contribution in [0.2, 0.25) is 0 Å². The summed E-state index contributed by atoms with van der Waals surface area (Å²) < 4.78 is 7.30. The van der Waals surface area contributed by atoms with Crippen molar-refractivity contribution in [1.29, 1.82) is 0 Å². The van der Waals surface area contributed by atoms with Gasteiger partial charge in [-0.05, 0) is 66.9 Å². The van der Waals surface area contributed by atoms with Gasteiger partial charge in [-0.15, -0.1) is 10.2 Å². The van der Waals surface area contributed by atoms with Crippen LogP contribution in [0.15, 0.2) is 78.0 Å². The number of thioether (sulfide) groups is 1. The molecule has 7 heteroatoms. The Bertz CT molecular complexity index is 1240. The summed E-state index contributed by atoms with van der Waals surface area (Å²) >= 11 is 1.36. The van der Waals surface area contributed by atoms with Crippen molar-refractivity contribution in [3.05, 3.63) is 95.3 Å². The van der Waals surface area contributed by atoms with Crippen molar-refractivity contribution >= 4 is 23.4 Å². The molecule has 0 fully saturated rings. The van der Waals surface area contributed by atoms with Crippen LogP contribution in [0.25, 0.3) is 5.69 Å². The SMILES string of the molecule is COc1ccc(-n2c(Cc3ccccc3)nnc2SCC(=O)Nc2ccc(C)c(C)c2)cc1. The van der Waals surface area contributed by atoms with Crippen LogP contribution in [-0.2, 0) is 11.2 Å². The third-order valence-electron chi connectivity index (χ3n) is 5.36. The Labute approximate surface area is 198 Å². The van der Waals surface area contributed by atoms with Gasteiger partial charge in [0.25, 0.3) is 0 Å². The molecule has 33 heavy (non-hydrogen) atoms. The van der Waals surface area contributed by atoms with E-state index in [4.69, 9.17) is 4.74 Å². The van der Waals surface area contributed by atoms with E-state index in [9.17, 15) is 4.79 Å². The third kappa shape index (κ3) is 5.62. The molecule has 0 unspecified atom stereocenters. The van der Waals surface area contributed by atoms with Crippen molar-refractivity contribution in [2.45, 2.75) is 25.4 Å². The van der Waals surface area contributed by atoms with E-state index in [-0.39, 0.29) is 11.7 Å². The van der Waals surface area contributed by atoms with Crippen molar-refractivity contribution in [2.75, 3.05) is 18.2 Å². The van der Waals surface area contributed by atoms with E-state index in [1.807, 2.05) is 72.2 Å². The smallest absolute Gasteiger partial charge is 0.234 e. The number of aromatic nitrogens is 3. The van der Waals surface area contributed by atoms with Gasteiger partial charge in [0.05, 0.1) is 12.9 Å². The second-order valence-corrected chi connectivity index (χ2v) is 8.67. The summed E-state index contributed by atoms with van der Waals surface area (Å²) in [6.45, 7) is 4.08. The molecule has 0 atom stereocenters. The number of hydrogen-bond donors (Lipinski definition) is 1. The number of amides is 1. The molecule has 168 valence electrons. The highest BCUT2D eigenvalue weighted by molar-refractivity contribution is 7.99. The van der Waals surface area contributed by atoms with E-state index in [2.05, 4.69) is 34.6 Å². The first-order valence-electron chi connectivity index (χ1n) is 10.7. The van der Waals surface area contributed by atoms with E-state index >= 15 is 0 Å². The molecule has 4 aromatic rings. The summed E-state index contributed by atoms with van der Waals surface area (Å²) in [6.07, 6.45) is 0.634. The number of nitrogens with zero attached hydrogens (tertiary/aromatic N) is 3. The fourth-order valence-electron chi connectivity index (χ4n) is 3.42. The van der Waals surface area contributed by atoms with E-state index in [0.717, 1.165) is 34.1 Å². The highest BCUT2D eigenvalue weighted by atomic mass is 32.2.